The van der Waals surface area contributed by atoms with Crippen molar-refractivity contribution in [3.63, 3.8) is 0 Å². The van der Waals surface area contributed by atoms with Crippen molar-refractivity contribution in [1.29, 1.82) is 0 Å². The van der Waals surface area contributed by atoms with Crippen LogP contribution in [-0.4, -0.2) is 42.1 Å². The molecule has 2 aromatic rings. The molecule has 1 fully saturated rings. The summed E-state index contributed by atoms with van der Waals surface area (Å²) in [5, 5.41) is 11.6. The van der Waals surface area contributed by atoms with Gasteiger partial charge in [-0.3, -0.25) is 14.9 Å². The van der Waals surface area contributed by atoms with Crippen molar-refractivity contribution >= 4 is 23.5 Å². The second kappa shape index (κ2) is 11.7. The summed E-state index contributed by atoms with van der Waals surface area (Å²) in [6.45, 7) is 6.80. The minimum atomic E-state index is -1.06. The average Bonchev–Trinajstić information content (AvgIpc) is 2.83. The third kappa shape index (κ3) is 6.57. The molecule has 6 N–H and O–H groups in total. The van der Waals surface area contributed by atoms with Crippen LogP contribution in [0.25, 0.3) is 0 Å². The van der Waals surface area contributed by atoms with Gasteiger partial charge in [0, 0.05) is 29.9 Å². The fraction of sp³-hybridized carbons (Fsp3) is 0.423. The van der Waals surface area contributed by atoms with Crippen molar-refractivity contribution in [3.05, 3.63) is 64.7 Å². The molecule has 1 aliphatic rings. The molecule has 8 nitrogen and oxygen atoms in total. The maximum Gasteiger partial charge on any atom is 0.320 e. The highest BCUT2D eigenvalue weighted by molar-refractivity contribution is 6.05. The Morgan fingerprint density at radius 1 is 1.09 bits per heavy atom. The Morgan fingerprint density at radius 2 is 1.76 bits per heavy atom. The maximum atomic E-state index is 12.6. The Bertz CT molecular complexity index is 1030. The number of nitrogens with one attached hydrogen (secondary N) is 1. The zero-order valence-corrected chi connectivity index (χ0v) is 20.0. The van der Waals surface area contributed by atoms with E-state index >= 15 is 0 Å². The Balaban J connectivity index is 1.70. The summed E-state index contributed by atoms with van der Waals surface area (Å²) < 4.78 is 0. The summed E-state index contributed by atoms with van der Waals surface area (Å²) >= 11 is 0. The summed E-state index contributed by atoms with van der Waals surface area (Å²) in [6, 6.07) is 12.0. The van der Waals surface area contributed by atoms with E-state index in [9.17, 15) is 9.59 Å². The molecule has 0 unspecified atom stereocenters. The number of hydrogen-bond acceptors (Lipinski definition) is 5. The molecule has 1 atom stereocenters. The van der Waals surface area contributed by atoms with Gasteiger partial charge in [-0.2, -0.15) is 0 Å². The summed E-state index contributed by atoms with van der Waals surface area (Å²) in [5.74, 6) is -1.03. The summed E-state index contributed by atoms with van der Waals surface area (Å²) in [4.78, 5) is 30.4. The van der Waals surface area contributed by atoms with Crippen LogP contribution >= 0.6 is 0 Å². The number of hydrogen-bond donors (Lipinski definition) is 4. The number of benzene rings is 2. The van der Waals surface area contributed by atoms with E-state index in [1.165, 1.54) is 30.5 Å². The predicted octanol–water partition coefficient (Wildman–Crippen LogP) is 3.00. The highest BCUT2D eigenvalue weighted by Crippen LogP contribution is 2.31. The van der Waals surface area contributed by atoms with Crippen molar-refractivity contribution in [1.82, 2.24) is 5.32 Å². The summed E-state index contributed by atoms with van der Waals surface area (Å²) in [7, 11) is 0. The molecule has 1 amide bonds. The van der Waals surface area contributed by atoms with Crippen molar-refractivity contribution in [3.8, 4) is 0 Å². The molecule has 0 saturated carbocycles. The second-order valence-electron chi connectivity index (χ2n) is 9.05. The molecule has 0 bridgehead atoms. The van der Waals surface area contributed by atoms with Gasteiger partial charge in [-0.1, -0.05) is 38.1 Å². The van der Waals surface area contributed by atoms with Crippen LogP contribution in [0.2, 0.25) is 0 Å². The number of aliphatic imine (C=N–C) groups is 1. The maximum absolute atomic E-state index is 12.6. The van der Waals surface area contributed by atoms with Crippen molar-refractivity contribution in [2.24, 2.45) is 16.5 Å². The third-order valence-electron chi connectivity index (χ3n) is 6.14. The number of amides is 1. The van der Waals surface area contributed by atoms with Crippen LogP contribution in [0.1, 0.15) is 66.1 Å². The molecule has 1 heterocycles. The van der Waals surface area contributed by atoms with Crippen molar-refractivity contribution < 1.29 is 14.7 Å². The lowest BCUT2D eigenvalue weighted by Crippen LogP contribution is -2.37. The molecule has 182 valence electrons. The lowest BCUT2D eigenvalue weighted by Gasteiger charge is -2.31. The predicted molar refractivity (Wildman–Crippen MR) is 135 cm³/mol. The minimum absolute atomic E-state index is 0.0603. The van der Waals surface area contributed by atoms with Crippen LogP contribution in [0.3, 0.4) is 0 Å². The molecule has 2 aromatic carbocycles. The topological polar surface area (TPSA) is 134 Å². The number of carboxylic acids is 1. The van der Waals surface area contributed by atoms with E-state index in [2.05, 4.69) is 47.3 Å². The number of rotatable bonds is 8. The smallest absolute Gasteiger partial charge is 0.320 e. The second-order valence-corrected chi connectivity index (χ2v) is 9.05. The fourth-order valence-corrected chi connectivity index (χ4v) is 4.26. The van der Waals surface area contributed by atoms with Crippen LogP contribution in [0.15, 0.2) is 47.5 Å². The van der Waals surface area contributed by atoms with Crippen molar-refractivity contribution in [2.75, 3.05) is 18.0 Å². The van der Waals surface area contributed by atoms with Crippen LogP contribution in [0.5, 0.6) is 0 Å². The molecular weight excluding hydrogens is 430 g/mol. The normalized spacial score (nSPS) is 15.3. The molecule has 8 heteroatoms. The van der Waals surface area contributed by atoms with Crippen LogP contribution < -0.4 is 21.7 Å². The number of nitrogens with two attached hydrogens (primary N) is 2. The third-order valence-corrected chi connectivity index (χ3v) is 6.14. The quantitative estimate of drug-likeness (QED) is 0.350. The van der Waals surface area contributed by atoms with Gasteiger partial charge in [-0.25, -0.2) is 4.99 Å². The van der Waals surface area contributed by atoms with Crippen LogP contribution in [0, 0.1) is 0 Å². The van der Waals surface area contributed by atoms with Gasteiger partial charge < -0.3 is 21.5 Å². The molecule has 0 radical (unpaired) electrons. The Morgan fingerprint density at radius 3 is 2.38 bits per heavy atom. The molecule has 0 aliphatic carbocycles. The SMILES string of the molecule is CC(C)c1cccc(N2CCCCC2)c1CN=C(N)NC(=O)c1ccc(C[C@H](N)C(=O)O)cc1. The zero-order chi connectivity index (χ0) is 24.7. The standard InChI is InChI=1S/C26H35N5O3/c1-17(2)20-7-6-8-23(31-13-4-3-5-14-31)21(20)16-29-26(28)30-24(32)19-11-9-18(10-12-19)15-22(27)25(33)34/h6-12,17,22H,3-5,13-16,27H2,1-2H3,(H,33,34)(H3,28,29,30,32)/t22-/m0/s1. The molecule has 0 spiro atoms. The number of nitrogens with zero attached hydrogens (tertiary/aromatic N) is 2. The first-order valence-corrected chi connectivity index (χ1v) is 11.8. The number of carbonyl (C=O) groups excluding carboxylic acids is 1. The van der Waals surface area contributed by atoms with Gasteiger partial charge in [0.25, 0.3) is 5.91 Å². The first-order valence-electron chi connectivity index (χ1n) is 11.8. The molecular formula is C26H35N5O3. The fourth-order valence-electron chi connectivity index (χ4n) is 4.26. The molecule has 0 aromatic heterocycles. The van der Waals surface area contributed by atoms with Gasteiger partial charge in [-0.05, 0) is 60.9 Å². The Kier molecular flexibility index (Phi) is 8.65. The van der Waals surface area contributed by atoms with E-state index in [0.717, 1.165) is 24.2 Å². The zero-order valence-electron chi connectivity index (χ0n) is 20.0. The summed E-state index contributed by atoms with van der Waals surface area (Å²) in [5.41, 5.74) is 16.4. The molecule has 1 saturated heterocycles. The van der Waals surface area contributed by atoms with Gasteiger partial charge >= 0.3 is 5.97 Å². The molecule has 1 aliphatic heterocycles. The van der Waals surface area contributed by atoms with Crippen molar-refractivity contribution in [2.45, 2.75) is 58.0 Å². The van der Waals surface area contributed by atoms with E-state index in [1.54, 1.807) is 24.3 Å². The Labute approximate surface area is 201 Å². The lowest BCUT2D eigenvalue weighted by atomic mass is 9.94. The number of piperidine rings is 1. The van der Waals surface area contributed by atoms with E-state index in [4.69, 9.17) is 16.6 Å². The van der Waals surface area contributed by atoms with E-state index < -0.39 is 12.0 Å². The van der Waals surface area contributed by atoms with Gasteiger partial charge in [0.05, 0.1) is 6.54 Å². The average molecular weight is 466 g/mol. The Hall–Kier alpha value is -3.39. The highest BCUT2D eigenvalue weighted by Gasteiger charge is 2.18. The lowest BCUT2D eigenvalue weighted by molar-refractivity contribution is -0.138. The number of carboxylic acid groups (broad SMARTS) is 1. The van der Waals surface area contributed by atoms with E-state index in [1.807, 2.05) is 0 Å². The highest BCUT2D eigenvalue weighted by atomic mass is 16.4. The summed E-state index contributed by atoms with van der Waals surface area (Å²) in [6.07, 6.45) is 3.83. The van der Waals surface area contributed by atoms with Crippen LogP contribution in [-0.2, 0) is 17.8 Å². The number of anilines is 1. The molecule has 34 heavy (non-hydrogen) atoms. The van der Waals surface area contributed by atoms with Gasteiger partial charge in [0.1, 0.15) is 6.04 Å². The number of aliphatic carboxylic acids is 1. The largest absolute Gasteiger partial charge is 0.480 e. The van der Waals surface area contributed by atoms with Crippen LogP contribution in [0.4, 0.5) is 5.69 Å². The van der Waals surface area contributed by atoms with E-state index in [-0.39, 0.29) is 18.3 Å². The molecule has 3 rings (SSSR count). The first kappa shape index (κ1) is 25.2. The van der Waals surface area contributed by atoms with Gasteiger partial charge in [0.2, 0.25) is 0 Å². The van der Waals surface area contributed by atoms with Gasteiger partial charge in [0.15, 0.2) is 5.96 Å². The number of guanidine groups is 1. The van der Waals surface area contributed by atoms with E-state index in [0.29, 0.717) is 18.0 Å². The van der Waals surface area contributed by atoms with Gasteiger partial charge in [-0.15, -0.1) is 0 Å². The first-order chi connectivity index (χ1) is 16.3. The number of carbonyl (C=O) groups is 2. The minimum Gasteiger partial charge on any atom is -0.480 e. The monoisotopic (exact) mass is 465 g/mol.